The van der Waals surface area contributed by atoms with Gasteiger partial charge in [0.05, 0.1) is 48.2 Å². The lowest BCUT2D eigenvalue weighted by Gasteiger charge is -2.53. The van der Waals surface area contributed by atoms with E-state index in [2.05, 4.69) is 4.90 Å². The van der Waals surface area contributed by atoms with Crippen molar-refractivity contribution in [3.8, 4) is 28.7 Å². The Balaban J connectivity index is 1.48. The molecule has 2 aliphatic heterocycles. The minimum atomic E-state index is -1.04. The number of ether oxygens (including phenoxy) is 8. The predicted octanol–water partition coefficient (Wildman–Crippen LogP) is 3.62. The molecule has 2 aromatic carbocycles. The van der Waals surface area contributed by atoms with E-state index >= 15 is 0 Å². The molecule has 6 atom stereocenters. The van der Waals surface area contributed by atoms with E-state index in [4.69, 9.17) is 37.9 Å². The van der Waals surface area contributed by atoms with Gasteiger partial charge < -0.3 is 37.9 Å². The van der Waals surface area contributed by atoms with Crippen LogP contribution < -0.4 is 23.7 Å². The minimum Gasteiger partial charge on any atom is -0.493 e. The first-order valence-corrected chi connectivity index (χ1v) is 14.9. The van der Waals surface area contributed by atoms with Crippen molar-refractivity contribution in [2.75, 3.05) is 55.7 Å². The van der Waals surface area contributed by atoms with Crippen LogP contribution in [0.3, 0.4) is 0 Å². The Hall–Kier alpha value is -4.19. The molecule has 12 heteroatoms. The van der Waals surface area contributed by atoms with Crippen LogP contribution in [0.5, 0.6) is 28.7 Å². The molecule has 12 nitrogen and oxygen atoms in total. The second-order valence-electron chi connectivity index (χ2n) is 11.5. The van der Waals surface area contributed by atoms with Crippen molar-refractivity contribution in [2.24, 2.45) is 17.8 Å². The third-order valence-electron chi connectivity index (χ3n) is 9.33. The highest BCUT2D eigenvalue weighted by molar-refractivity contribution is 5.91. The van der Waals surface area contributed by atoms with Crippen molar-refractivity contribution in [3.05, 3.63) is 41.0 Å². The van der Waals surface area contributed by atoms with Crippen molar-refractivity contribution in [3.63, 3.8) is 0 Å². The number of methoxy groups -OCH3 is 6. The Bertz CT molecular complexity index is 1420. The molecule has 2 heterocycles. The van der Waals surface area contributed by atoms with Gasteiger partial charge in [0.2, 0.25) is 5.75 Å². The fourth-order valence-electron chi connectivity index (χ4n) is 7.36. The number of hydrogen-bond acceptors (Lipinski definition) is 12. The average Bonchev–Trinajstić information content (AvgIpc) is 3.05. The highest BCUT2D eigenvalue weighted by atomic mass is 16.6. The van der Waals surface area contributed by atoms with Gasteiger partial charge in [-0.3, -0.25) is 14.5 Å². The van der Waals surface area contributed by atoms with E-state index in [0.717, 1.165) is 18.5 Å². The second kappa shape index (κ2) is 13.4. The topological polar surface area (TPSA) is 128 Å². The monoisotopic (exact) mass is 627 g/mol. The highest BCUT2D eigenvalue weighted by Gasteiger charge is 2.55. The lowest BCUT2D eigenvalue weighted by molar-refractivity contribution is -0.186. The van der Waals surface area contributed by atoms with Gasteiger partial charge in [-0.05, 0) is 66.5 Å². The van der Waals surface area contributed by atoms with E-state index in [1.807, 2.05) is 12.1 Å². The summed E-state index contributed by atoms with van der Waals surface area (Å²) in [6.45, 7) is 2.77. The zero-order valence-electron chi connectivity index (χ0n) is 26.7. The standard InChI is InChI=1S/C33H41NO11/c1-17(35)44-31-28(45-32(36)19-11-26(40-4)30(42-6)27(12-19)41-5)13-20-16-34-9-8-18-10-24(38-2)25(39-3)15-21(18)23(34)14-22(20)29(31)33(37)43-7/h10-12,15,20,22-23,28-29,31H,8-9,13-14,16H2,1-7H3. The van der Waals surface area contributed by atoms with Crippen LogP contribution >= 0.6 is 0 Å². The zero-order chi connectivity index (χ0) is 32.4. The summed E-state index contributed by atoms with van der Waals surface area (Å²) in [5.41, 5.74) is 2.45. The van der Waals surface area contributed by atoms with Crippen LogP contribution in [0.25, 0.3) is 0 Å². The fraction of sp³-hybridized carbons (Fsp3) is 0.545. The zero-order valence-corrected chi connectivity index (χ0v) is 26.7. The van der Waals surface area contributed by atoms with E-state index in [-0.39, 0.29) is 34.9 Å². The third-order valence-corrected chi connectivity index (χ3v) is 9.33. The van der Waals surface area contributed by atoms with Crippen LogP contribution in [0, 0.1) is 17.8 Å². The molecule has 1 aliphatic carbocycles. The Kier molecular flexibility index (Phi) is 9.62. The van der Waals surface area contributed by atoms with Crippen molar-refractivity contribution < 1.29 is 52.3 Å². The molecule has 45 heavy (non-hydrogen) atoms. The first-order chi connectivity index (χ1) is 21.7. The molecule has 244 valence electrons. The van der Waals surface area contributed by atoms with Crippen LogP contribution in [0.15, 0.2) is 24.3 Å². The Labute approximate surface area is 262 Å². The normalized spacial score (nSPS) is 25.4. The quantitative estimate of drug-likeness (QED) is 0.298. The van der Waals surface area contributed by atoms with Crippen LogP contribution in [0.4, 0.5) is 0 Å². The molecule has 1 saturated carbocycles. The Morgan fingerprint density at radius 1 is 0.778 bits per heavy atom. The summed E-state index contributed by atoms with van der Waals surface area (Å²) in [6, 6.07) is 7.04. The van der Waals surface area contributed by atoms with Gasteiger partial charge >= 0.3 is 17.9 Å². The van der Waals surface area contributed by atoms with Crippen molar-refractivity contribution in [1.29, 1.82) is 0 Å². The molecule has 3 aliphatic rings. The van der Waals surface area contributed by atoms with Crippen molar-refractivity contribution >= 4 is 17.9 Å². The molecule has 6 unspecified atom stereocenters. The van der Waals surface area contributed by atoms with E-state index in [1.54, 1.807) is 14.2 Å². The van der Waals surface area contributed by atoms with Gasteiger partial charge in [-0.15, -0.1) is 0 Å². The lowest BCUT2D eigenvalue weighted by atomic mass is 9.63. The van der Waals surface area contributed by atoms with Gasteiger partial charge in [0.25, 0.3) is 0 Å². The molecule has 0 aromatic heterocycles. The Morgan fingerprint density at radius 2 is 1.42 bits per heavy atom. The number of carbonyl (C=O) groups excluding carboxylic acids is 3. The molecule has 0 N–H and O–H groups in total. The molecule has 0 spiro atoms. The summed E-state index contributed by atoms with van der Waals surface area (Å²) in [5.74, 6) is -0.626. The molecule has 2 aromatic rings. The maximum Gasteiger partial charge on any atom is 0.338 e. The molecule has 2 fully saturated rings. The summed E-state index contributed by atoms with van der Waals surface area (Å²) in [5, 5.41) is 0. The van der Waals surface area contributed by atoms with Crippen LogP contribution in [0.1, 0.15) is 47.3 Å². The second-order valence-corrected chi connectivity index (χ2v) is 11.5. The largest absolute Gasteiger partial charge is 0.493 e. The number of benzene rings is 2. The lowest BCUT2D eigenvalue weighted by Crippen LogP contribution is -2.58. The minimum absolute atomic E-state index is 0.0123. The van der Waals surface area contributed by atoms with Crippen molar-refractivity contribution in [2.45, 2.75) is 44.4 Å². The summed E-state index contributed by atoms with van der Waals surface area (Å²) in [7, 11) is 8.92. The first kappa shape index (κ1) is 32.2. The first-order valence-electron chi connectivity index (χ1n) is 14.9. The van der Waals surface area contributed by atoms with E-state index < -0.39 is 36.0 Å². The summed E-state index contributed by atoms with van der Waals surface area (Å²) >= 11 is 0. The third kappa shape index (κ3) is 6.07. The van der Waals surface area contributed by atoms with Gasteiger partial charge in [0.15, 0.2) is 29.1 Å². The van der Waals surface area contributed by atoms with Gasteiger partial charge in [-0.25, -0.2) is 4.79 Å². The molecular formula is C33H41NO11. The van der Waals surface area contributed by atoms with Gasteiger partial charge in [-0.1, -0.05) is 0 Å². The fourth-order valence-corrected chi connectivity index (χ4v) is 7.36. The number of rotatable bonds is 9. The summed E-state index contributed by atoms with van der Waals surface area (Å²) in [4.78, 5) is 41.9. The molecule has 1 saturated heterocycles. The maximum absolute atomic E-state index is 13.6. The molecular weight excluding hydrogens is 586 g/mol. The number of carbonyl (C=O) groups is 3. The molecule has 0 bridgehead atoms. The SMILES string of the molecule is COC(=O)C1C2CC3c4cc(OC)c(OC)cc4CCN3CC2CC(OC(=O)c2cc(OC)c(OC)c(OC)c2)C1OC(C)=O. The van der Waals surface area contributed by atoms with Crippen LogP contribution in [-0.2, 0) is 30.2 Å². The maximum atomic E-state index is 13.6. The number of nitrogens with zero attached hydrogens (tertiary/aromatic N) is 1. The summed E-state index contributed by atoms with van der Waals surface area (Å²) < 4.78 is 44.5. The molecule has 0 radical (unpaired) electrons. The number of fused-ring (bicyclic) bond motifs is 4. The molecule has 5 rings (SSSR count). The predicted molar refractivity (Wildman–Crippen MR) is 160 cm³/mol. The number of hydrogen-bond donors (Lipinski definition) is 0. The van der Waals surface area contributed by atoms with E-state index in [9.17, 15) is 14.4 Å². The smallest absolute Gasteiger partial charge is 0.338 e. The van der Waals surface area contributed by atoms with Crippen LogP contribution in [-0.4, -0.2) is 90.8 Å². The highest BCUT2D eigenvalue weighted by Crippen LogP contribution is 2.51. The average molecular weight is 628 g/mol. The van der Waals surface area contributed by atoms with Gasteiger partial charge in [0, 0.05) is 26.1 Å². The Morgan fingerprint density at radius 3 is 2.00 bits per heavy atom. The van der Waals surface area contributed by atoms with Crippen molar-refractivity contribution in [1.82, 2.24) is 4.90 Å². The number of piperidine rings is 1. The van der Waals surface area contributed by atoms with E-state index in [1.165, 1.54) is 53.1 Å². The molecule has 0 amide bonds. The summed E-state index contributed by atoms with van der Waals surface area (Å²) in [6.07, 6.45) is -0.0856. The van der Waals surface area contributed by atoms with Gasteiger partial charge in [0.1, 0.15) is 12.0 Å². The van der Waals surface area contributed by atoms with Gasteiger partial charge in [-0.2, -0.15) is 0 Å². The number of esters is 3. The van der Waals surface area contributed by atoms with Crippen LogP contribution in [0.2, 0.25) is 0 Å². The van der Waals surface area contributed by atoms with E-state index in [0.29, 0.717) is 36.6 Å².